The number of unbranched alkanes of at least 4 members (excludes halogenated alkanes) is 3. The molecule has 1 N–H and O–H groups in total. The van der Waals surface area contributed by atoms with E-state index in [1.54, 1.807) is 0 Å². The van der Waals surface area contributed by atoms with E-state index >= 15 is 0 Å². The summed E-state index contributed by atoms with van der Waals surface area (Å²) in [4.78, 5) is 11.2. The van der Waals surface area contributed by atoms with Crippen LogP contribution in [0.1, 0.15) is 58.3 Å². The van der Waals surface area contributed by atoms with Crippen molar-refractivity contribution in [2.75, 3.05) is 0 Å². The molecular weight excluding hydrogens is 192 g/mol. The Morgan fingerprint density at radius 2 is 2.20 bits per heavy atom. The fourth-order valence-electron chi connectivity index (χ4n) is 1.97. The van der Waals surface area contributed by atoms with Crippen LogP contribution in [-0.2, 0) is 9.53 Å². The Kier molecular flexibility index (Phi) is 5.69. The lowest BCUT2D eigenvalue weighted by molar-refractivity contribution is -0.148. The summed E-state index contributed by atoms with van der Waals surface area (Å²) in [7, 11) is 0. The Morgan fingerprint density at radius 1 is 1.40 bits per heavy atom. The molecule has 3 heteroatoms. The molecule has 1 aliphatic rings. The number of aliphatic hydroxyl groups is 1. The van der Waals surface area contributed by atoms with Crippen LogP contribution in [0.3, 0.4) is 0 Å². The highest BCUT2D eigenvalue weighted by Crippen LogP contribution is 2.19. The third-order valence-corrected chi connectivity index (χ3v) is 2.89. The van der Waals surface area contributed by atoms with Crippen LogP contribution in [0.5, 0.6) is 0 Å². The van der Waals surface area contributed by atoms with E-state index in [9.17, 15) is 9.90 Å². The normalized spacial score (nSPS) is 27.2. The molecule has 0 aromatic carbocycles. The third kappa shape index (κ3) is 5.17. The number of rotatable bonds is 5. The summed E-state index contributed by atoms with van der Waals surface area (Å²) in [6, 6.07) is 0. The van der Waals surface area contributed by atoms with E-state index in [0.717, 1.165) is 12.8 Å². The summed E-state index contributed by atoms with van der Waals surface area (Å²) >= 11 is 0. The molecule has 0 aliphatic carbocycles. The minimum absolute atomic E-state index is 0.0492. The number of ether oxygens (including phenoxy) is 1. The van der Waals surface area contributed by atoms with E-state index in [-0.39, 0.29) is 18.2 Å². The fraction of sp³-hybridized carbons (Fsp3) is 0.917. The number of hydrogen-bond donors (Lipinski definition) is 1. The number of carbonyl (C=O) groups excluding carboxylic acids is 1. The second-order valence-electron chi connectivity index (χ2n) is 4.39. The second-order valence-corrected chi connectivity index (χ2v) is 4.39. The number of aliphatic hydroxyl groups excluding tert-OH is 1. The highest BCUT2D eigenvalue weighted by molar-refractivity contribution is 5.69. The van der Waals surface area contributed by atoms with Crippen LogP contribution in [0.4, 0.5) is 0 Å². The topological polar surface area (TPSA) is 46.5 Å². The van der Waals surface area contributed by atoms with Crippen LogP contribution in [-0.4, -0.2) is 23.3 Å². The van der Waals surface area contributed by atoms with Crippen LogP contribution < -0.4 is 0 Å². The molecule has 0 radical (unpaired) electrons. The number of cyclic esters (lactones) is 1. The molecule has 1 aliphatic heterocycles. The lowest BCUT2D eigenvalue weighted by Gasteiger charge is -2.16. The van der Waals surface area contributed by atoms with E-state index < -0.39 is 0 Å². The lowest BCUT2D eigenvalue weighted by Crippen LogP contribution is -2.18. The van der Waals surface area contributed by atoms with Crippen LogP contribution in [0.15, 0.2) is 0 Å². The van der Waals surface area contributed by atoms with Crippen molar-refractivity contribution < 1.29 is 14.6 Å². The highest BCUT2D eigenvalue weighted by atomic mass is 16.5. The first-order valence-corrected chi connectivity index (χ1v) is 6.10. The second kappa shape index (κ2) is 6.83. The molecule has 1 heterocycles. The van der Waals surface area contributed by atoms with Crippen molar-refractivity contribution in [2.24, 2.45) is 0 Å². The maximum atomic E-state index is 11.2. The van der Waals surface area contributed by atoms with E-state index in [1.165, 1.54) is 19.3 Å². The number of hydrogen-bond acceptors (Lipinski definition) is 3. The molecule has 1 fully saturated rings. The van der Waals surface area contributed by atoms with Gasteiger partial charge < -0.3 is 9.84 Å². The molecule has 0 amide bonds. The Morgan fingerprint density at radius 3 is 2.93 bits per heavy atom. The van der Waals surface area contributed by atoms with Crippen LogP contribution in [0, 0.1) is 0 Å². The SMILES string of the molecule is CCCCCC[C@@H]1C[C@H](O)CCC(=O)O1. The van der Waals surface area contributed by atoms with Gasteiger partial charge in [0.1, 0.15) is 6.10 Å². The zero-order valence-corrected chi connectivity index (χ0v) is 9.58. The summed E-state index contributed by atoms with van der Waals surface area (Å²) in [5.74, 6) is -0.146. The van der Waals surface area contributed by atoms with Crippen molar-refractivity contribution in [3.63, 3.8) is 0 Å². The first-order valence-electron chi connectivity index (χ1n) is 6.10. The van der Waals surface area contributed by atoms with Gasteiger partial charge in [-0.15, -0.1) is 0 Å². The molecule has 3 nitrogen and oxygen atoms in total. The van der Waals surface area contributed by atoms with Gasteiger partial charge in [0, 0.05) is 12.8 Å². The van der Waals surface area contributed by atoms with E-state index in [2.05, 4.69) is 6.92 Å². The Hall–Kier alpha value is -0.570. The standard InChI is InChI=1S/C12H22O3/c1-2-3-4-5-6-11-9-10(13)7-8-12(14)15-11/h10-11,13H,2-9H2,1H3/t10-,11-/m1/s1. The van der Waals surface area contributed by atoms with Crippen molar-refractivity contribution in [1.29, 1.82) is 0 Å². The average molecular weight is 214 g/mol. The van der Waals surface area contributed by atoms with Gasteiger partial charge in [-0.3, -0.25) is 4.79 Å². The minimum Gasteiger partial charge on any atom is -0.462 e. The Balaban J connectivity index is 2.22. The van der Waals surface area contributed by atoms with Gasteiger partial charge in [-0.1, -0.05) is 26.2 Å². The molecule has 1 saturated heterocycles. The maximum Gasteiger partial charge on any atom is 0.306 e. The molecule has 1 rings (SSSR count). The van der Waals surface area contributed by atoms with Gasteiger partial charge in [0.2, 0.25) is 0 Å². The molecule has 15 heavy (non-hydrogen) atoms. The highest BCUT2D eigenvalue weighted by Gasteiger charge is 2.23. The molecule has 0 bridgehead atoms. The zero-order chi connectivity index (χ0) is 11.1. The van der Waals surface area contributed by atoms with Crippen molar-refractivity contribution >= 4 is 5.97 Å². The van der Waals surface area contributed by atoms with Gasteiger partial charge in [0.15, 0.2) is 0 Å². The van der Waals surface area contributed by atoms with E-state index in [0.29, 0.717) is 19.3 Å². The van der Waals surface area contributed by atoms with Gasteiger partial charge in [0.25, 0.3) is 0 Å². The largest absolute Gasteiger partial charge is 0.462 e. The molecule has 0 aromatic heterocycles. The molecule has 0 saturated carbocycles. The van der Waals surface area contributed by atoms with Gasteiger partial charge in [-0.25, -0.2) is 0 Å². The summed E-state index contributed by atoms with van der Waals surface area (Å²) < 4.78 is 5.26. The van der Waals surface area contributed by atoms with Crippen molar-refractivity contribution in [1.82, 2.24) is 0 Å². The average Bonchev–Trinajstić information content (AvgIpc) is 2.36. The predicted molar refractivity (Wildman–Crippen MR) is 58.5 cm³/mol. The van der Waals surface area contributed by atoms with E-state index in [1.807, 2.05) is 0 Å². The minimum atomic E-state index is -0.354. The third-order valence-electron chi connectivity index (χ3n) is 2.89. The van der Waals surface area contributed by atoms with Crippen molar-refractivity contribution in [2.45, 2.75) is 70.5 Å². The lowest BCUT2D eigenvalue weighted by atomic mass is 10.0. The first kappa shape index (κ1) is 12.5. The van der Waals surface area contributed by atoms with Gasteiger partial charge in [0.05, 0.1) is 6.10 Å². The van der Waals surface area contributed by atoms with Crippen molar-refractivity contribution in [3.8, 4) is 0 Å². The van der Waals surface area contributed by atoms with E-state index in [4.69, 9.17) is 4.74 Å². The summed E-state index contributed by atoms with van der Waals surface area (Å²) in [5.41, 5.74) is 0. The first-order chi connectivity index (χ1) is 7.22. The van der Waals surface area contributed by atoms with Crippen LogP contribution >= 0.6 is 0 Å². The van der Waals surface area contributed by atoms with Gasteiger partial charge in [-0.05, 0) is 19.3 Å². The Labute approximate surface area is 91.8 Å². The monoisotopic (exact) mass is 214 g/mol. The molecule has 88 valence electrons. The summed E-state index contributed by atoms with van der Waals surface area (Å²) in [5, 5.41) is 9.55. The quantitative estimate of drug-likeness (QED) is 0.564. The Bertz CT molecular complexity index is 191. The molecule has 0 aromatic rings. The van der Waals surface area contributed by atoms with Crippen molar-refractivity contribution in [3.05, 3.63) is 0 Å². The molecule has 0 unspecified atom stereocenters. The molecule has 2 atom stereocenters. The summed E-state index contributed by atoms with van der Waals surface area (Å²) in [6.07, 6.45) is 6.80. The zero-order valence-electron chi connectivity index (χ0n) is 9.58. The molecular formula is C12H22O3. The number of carbonyl (C=O) groups is 1. The van der Waals surface area contributed by atoms with Gasteiger partial charge in [-0.2, -0.15) is 0 Å². The van der Waals surface area contributed by atoms with Crippen LogP contribution in [0.25, 0.3) is 0 Å². The fourth-order valence-corrected chi connectivity index (χ4v) is 1.97. The van der Waals surface area contributed by atoms with Crippen LogP contribution in [0.2, 0.25) is 0 Å². The maximum absolute atomic E-state index is 11.2. The molecule has 0 spiro atoms. The van der Waals surface area contributed by atoms with Gasteiger partial charge >= 0.3 is 5.97 Å². The number of esters is 1. The summed E-state index contributed by atoms with van der Waals surface area (Å²) in [6.45, 7) is 2.18. The smallest absolute Gasteiger partial charge is 0.306 e. The predicted octanol–water partition coefficient (Wildman–Crippen LogP) is 2.41.